The van der Waals surface area contributed by atoms with Gasteiger partial charge in [0.25, 0.3) is 5.91 Å². The number of halogens is 1. The van der Waals surface area contributed by atoms with Crippen molar-refractivity contribution in [2.24, 2.45) is 11.8 Å². The third-order valence-corrected chi connectivity index (χ3v) is 12.3. The summed E-state index contributed by atoms with van der Waals surface area (Å²) >= 11 is 6.39. The fourth-order valence-electron chi connectivity index (χ4n) is 7.58. The van der Waals surface area contributed by atoms with Crippen LogP contribution in [0.25, 0.3) is 0 Å². The third kappa shape index (κ3) is 6.60. The van der Waals surface area contributed by atoms with E-state index < -0.39 is 33.3 Å². The first-order valence-electron chi connectivity index (χ1n) is 15.9. The minimum absolute atomic E-state index is 0.0109. The maximum Gasteiger partial charge on any atom is 0.305 e. The number of allylic oxidation sites excluding steroid dienone is 1. The molecule has 2 heterocycles. The molecule has 242 valence electrons. The predicted molar refractivity (Wildman–Crippen MR) is 172 cm³/mol. The minimum atomic E-state index is -4.13. The number of sulfonamides is 1. The number of esters is 1. The minimum Gasteiger partial charge on any atom is -0.490 e. The molecule has 11 heteroatoms. The molecule has 4 aliphatic rings. The van der Waals surface area contributed by atoms with Crippen molar-refractivity contribution in [2.45, 2.75) is 74.6 Å². The summed E-state index contributed by atoms with van der Waals surface area (Å²) in [5, 5.41) is 10.9. The SMILES string of the molecule is COC(=O)CC[C@@H]1CC/C=C/[C@H](O)[C@@H]2CC[C@H]2CN2C[C@@]3(CCCc4cc(Cl)ccc43)COc3ccc(cc32)C(=O)NS1(=O)=O. The molecule has 2 aromatic carbocycles. The van der Waals surface area contributed by atoms with Gasteiger partial charge in [0.15, 0.2) is 0 Å². The summed E-state index contributed by atoms with van der Waals surface area (Å²) in [6, 6.07) is 11.2. The summed E-state index contributed by atoms with van der Waals surface area (Å²) in [6.45, 7) is 1.80. The van der Waals surface area contributed by atoms with Crippen molar-refractivity contribution < 1.29 is 32.6 Å². The van der Waals surface area contributed by atoms with Crippen LogP contribution < -0.4 is 14.4 Å². The predicted octanol–water partition coefficient (Wildman–Crippen LogP) is 4.93. The molecule has 2 N–H and O–H groups in total. The first-order valence-corrected chi connectivity index (χ1v) is 17.8. The number of nitrogens with zero attached hydrogens (tertiary/aromatic N) is 1. The van der Waals surface area contributed by atoms with Crippen LogP contribution in [0.1, 0.15) is 72.9 Å². The van der Waals surface area contributed by atoms with Crippen molar-refractivity contribution in [3.8, 4) is 5.75 Å². The molecule has 2 aliphatic carbocycles. The van der Waals surface area contributed by atoms with Crippen LogP contribution in [-0.4, -0.2) is 63.6 Å². The van der Waals surface area contributed by atoms with Crippen molar-refractivity contribution in [1.82, 2.24) is 4.72 Å². The Bertz CT molecular complexity index is 1590. The van der Waals surface area contributed by atoms with Gasteiger partial charge in [-0.15, -0.1) is 0 Å². The van der Waals surface area contributed by atoms with Crippen LogP contribution in [-0.2, 0) is 31.4 Å². The Labute approximate surface area is 270 Å². The number of hydrogen-bond acceptors (Lipinski definition) is 8. The molecule has 2 bridgehead atoms. The van der Waals surface area contributed by atoms with Crippen molar-refractivity contribution in [2.75, 3.05) is 31.7 Å². The van der Waals surface area contributed by atoms with Gasteiger partial charge in [-0.25, -0.2) is 13.1 Å². The van der Waals surface area contributed by atoms with E-state index in [9.17, 15) is 23.1 Å². The highest BCUT2D eigenvalue weighted by Gasteiger charge is 2.44. The van der Waals surface area contributed by atoms with Gasteiger partial charge >= 0.3 is 5.97 Å². The van der Waals surface area contributed by atoms with E-state index >= 15 is 0 Å². The molecule has 5 atom stereocenters. The molecule has 1 saturated carbocycles. The van der Waals surface area contributed by atoms with Gasteiger partial charge in [-0.1, -0.05) is 29.8 Å². The molecule has 45 heavy (non-hydrogen) atoms. The number of nitrogens with one attached hydrogen (secondary N) is 1. The molecule has 1 fully saturated rings. The second kappa shape index (κ2) is 13.0. The van der Waals surface area contributed by atoms with E-state index in [-0.39, 0.29) is 42.1 Å². The Balaban J connectivity index is 1.38. The highest BCUT2D eigenvalue weighted by Crippen LogP contribution is 2.46. The lowest BCUT2D eigenvalue weighted by Crippen LogP contribution is -2.49. The number of benzene rings is 2. The van der Waals surface area contributed by atoms with Gasteiger partial charge in [-0.2, -0.15) is 0 Å². The number of rotatable bonds is 3. The first-order chi connectivity index (χ1) is 21.6. The Morgan fingerprint density at radius 1 is 1.20 bits per heavy atom. The van der Waals surface area contributed by atoms with Crippen LogP contribution in [0.15, 0.2) is 48.6 Å². The zero-order chi connectivity index (χ0) is 31.8. The fraction of sp³-hybridized carbons (Fsp3) is 0.529. The fourth-order valence-corrected chi connectivity index (χ4v) is 9.19. The number of ether oxygens (including phenoxy) is 2. The van der Waals surface area contributed by atoms with Crippen molar-refractivity contribution in [1.29, 1.82) is 0 Å². The van der Waals surface area contributed by atoms with Crippen molar-refractivity contribution >= 4 is 39.2 Å². The maximum absolute atomic E-state index is 13.5. The van der Waals surface area contributed by atoms with E-state index in [0.29, 0.717) is 36.9 Å². The highest BCUT2D eigenvalue weighted by atomic mass is 35.5. The second-order valence-corrected chi connectivity index (χ2v) is 15.4. The lowest BCUT2D eigenvalue weighted by Gasteiger charge is -2.45. The molecule has 0 unspecified atom stereocenters. The van der Waals surface area contributed by atoms with Gasteiger partial charge in [0.2, 0.25) is 10.0 Å². The van der Waals surface area contributed by atoms with Crippen LogP contribution in [0.5, 0.6) is 5.75 Å². The zero-order valence-electron chi connectivity index (χ0n) is 25.5. The Hall–Kier alpha value is -3.08. The van der Waals surface area contributed by atoms with E-state index in [1.165, 1.54) is 18.2 Å². The molecule has 0 radical (unpaired) electrons. The van der Waals surface area contributed by atoms with Crippen LogP contribution in [0, 0.1) is 11.8 Å². The smallest absolute Gasteiger partial charge is 0.305 e. The van der Waals surface area contributed by atoms with E-state index in [4.69, 9.17) is 21.1 Å². The summed E-state index contributed by atoms with van der Waals surface area (Å²) in [6.07, 6.45) is 8.19. The number of amides is 1. The number of fused-ring (bicyclic) bond motifs is 4. The normalized spacial score (nSPS) is 30.0. The molecule has 1 spiro atoms. The highest BCUT2D eigenvalue weighted by molar-refractivity contribution is 7.90. The Morgan fingerprint density at radius 3 is 2.82 bits per heavy atom. The topological polar surface area (TPSA) is 122 Å². The van der Waals surface area contributed by atoms with Gasteiger partial charge < -0.3 is 19.5 Å². The monoisotopic (exact) mass is 656 g/mol. The van der Waals surface area contributed by atoms with Gasteiger partial charge in [-0.3, -0.25) is 9.59 Å². The zero-order valence-corrected chi connectivity index (χ0v) is 27.1. The third-order valence-electron chi connectivity index (χ3n) is 10.2. The summed E-state index contributed by atoms with van der Waals surface area (Å²) in [5.74, 6) is -0.296. The lowest BCUT2D eigenvalue weighted by molar-refractivity contribution is -0.140. The standard InChI is InChI=1S/C34H41ClN2O7S/c1-43-32(39)15-11-26-6-2-3-7-30(38)27-12-8-24(27)19-37-20-34(16-4-5-22-17-25(35)10-13-28(22)34)21-44-31-14-9-23(18-29(31)37)33(40)36-45(26,41)42/h3,7,9-10,13-14,17-18,24,26-27,30,38H,2,4-6,8,11-12,15-16,19-21H2,1H3,(H,36,40)/b7-3+/t24-,26-,27+,30-,34-/m0/s1. The van der Waals surface area contributed by atoms with E-state index in [1.54, 1.807) is 24.3 Å². The average Bonchev–Trinajstić information content (AvgIpc) is 3.14. The molecule has 6 rings (SSSR count). The Morgan fingerprint density at radius 2 is 2.04 bits per heavy atom. The summed E-state index contributed by atoms with van der Waals surface area (Å²) in [5.41, 5.74) is 3.11. The van der Waals surface area contributed by atoms with Crippen molar-refractivity contribution in [3.63, 3.8) is 0 Å². The average molecular weight is 657 g/mol. The largest absolute Gasteiger partial charge is 0.490 e. The molecular weight excluding hydrogens is 616 g/mol. The molecular formula is C34H41ClN2O7S. The molecule has 0 saturated heterocycles. The number of aryl methyl sites for hydroxylation is 1. The Kier molecular flexibility index (Phi) is 9.19. The van der Waals surface area contributed by atoms with Gasteiger partial charge in [0.05, 0.1) is 30.8 Å². The van der Waals surface area contributed by atoms with Crippen LogP contribution >= 0.6 is 11.6 Å². The van der Waals surface area contributed by atoms with E-state index in [2.05, 4.69) is 21.8 Å². The number of carbonyl (C=O) groups is 2. The summed E-state index contributed by atoms with van der Waals surface area (Å²) in [7, 11) is -2.88. The van der Waals surface area contributed by atoms with E-state index in [1.807, 2.05) is 12.1 Å². The van der Waals surface area contributed by atoms with Crippen LogP contribution in [0.3, 0.4) is 0 Å². The lowest BCUT2D eigenvalue weighted by atomic mass is 9.68. The van der Waals surface area contributed by atoms with Crippen LogP contribution in [0.4, 0.5) is 5.69 Å². The molecule has 9 nitrogen and oxygen atoms in total. The number of hydrogen-bond donors (Lipinski definition) is 2. The summed E-state index contributed by atoms with van der Waals surface area (Å²) in [4.78, 5) is 27.6. The number of aliphatic hydroxyl groups is 1. The van der Waals surface area contributed by atoms with Gasteiger partial charge in [0, 0.05) is 35.5 Å². The molecule has 2 aromatic rings. The maximum atomic E-state index is 13.5. The number of methoxy groups -OCH3 is 1. The van der Waals surface area contributed by atoms with Crippen molar-refractivity contribution in [3.05, 3.63) is 70.3 Å². The van der Waals surface area contributed by atoms with Gasteiger partial charge in [-0.05, 0) is 105 Å². The molecule has 0 aromatic heterocycles. The van der Waals surface area contributed by atoms with E-state index in [0.717, 1.165) is 37.8 Å². The molecule has 1 amide bonds. The van der Waals surface area contributed by atoms with Gasteiger partial charge in [0.1, 0.15) is 5.75 Å². The number of anilines is 1. The first kappa shape index (κ1) is 31.9. The number of aliphatic hydroxyl groups excluding tert-OH is 1. The van der Waals surface area contributed by atoms with Crippen LogP contribution in [0.2, 0.25) is 5.02 Å². The second-order valence-electron chi connectivity index (χ2n) is 13.0. The molecule has 2 aliphatic heterocycles. The number of carbonyl (C=O) groups excluding carboxylic acids is 2. The summed E-state index contributed by atoms with van der Waals surface area (Å²) < 4.78 is 40.4. The quantitative estimate of drug-likeness (QED) is 0.352.